The number of ether oxygens (including phenoxy) is 1. The predicted molar refractivity (Wildman–Crippen MR) is 99.6 cm³/mol. The normalized spacial score (nSPS) is 9.96. The van der Waals surface area contributed by atoms with Crippen LogP contribution in [0.2, 0.25) is 0 Å². The van der Waals surface area contributed by atoms with Crippen molar-refractivity contribution in [3.63, 3.8) is 0 Å². The Balaban J connectivity index is 1.57. The van der Waals surface area contributed by atoms with Crippen LogP contribution >= 0.6 is 0 Å². The number of methoxy groups -OCH3 is 1. The van der Waals surface area contributed by atoms with Crippen LogP contribution in [0.15, 0.2) is 72.9 Å². The van der Waals surface area contributed by atoms with E-state index in [0.717, 1.165) is 17.1 Å². The molecule has 0 radical (unpaired) electrons. The zero-order chi connectivity index (χ0) is 17.5. The molecule has 1 aromatic heterocycles. The smallest absolute Gasteiger partial charge is 0.323 e. The molecule has 0 saturated heterocycles. The molecule has 0 unspecified atom stereocenters. The van der Waals surface area contributed by atoms with Gasteiger partial charge in [0.1, 0.15) is 11.6 Å². The van der Waals surface area contributed by atoms with Crippen molar-refractivity contribution in [2.75, 3.05) is 23.1 Å². The number of rotatable bonds is 5. The molecule has 0 bridgehead atoms. The van der Waals surface area contributed by atoms with Gasteiger partial charge >= 0.3 is 6.03 Å². The second kappa shape index (κ2) is 7.83. The molecule has 25 heavy (non-hydrogen) atoms. The summed E-state index contributed by atoms with van der Waals surface area (Å²) in [6.07, 6.45) is 1.59. The Morgan fingerprint density at radius 1 is 0.840 bits per heavy atom. The molecule has 0 saturated carbocycles. The SMILES string of the molecule is COc1ccc(Nc2ccc(NC(=O)Nc3ccccc3)cn2)cc1. The van der Waals surface area contributed by atoms with Gasteiger partial charge in [0.05, 0.1) is 19.0 Å². The van der Waals surface area contributed by atoms with Gasteiger partial charge in [0, 0.05) is 11.4 Å². The van der Waals surface area contributed by atoms with Gasteiger partial charge in [0.15, 0.2) is 0 Å². The number of nitrogens with one attached hydrogen (secondary N) is 3. The predicted octanol–water partition coefficient (Wildman–Crippen LogP) is 4.48. The highest BCUT2D eigenvalue weighted by Gasteiger charge is 2.03. The number of anilines is 4. The third-order valence-corrected chi connectivity index (χ3v) is 3.42. The molecule has 6 nitrogen and oxygen atoms in total. The lowest BCUT2D eigenvalue weighted by atomic mass is 10.3. The van der Waals surface area contributed by atoms with Gasteiger partial charge in [-0.3, -0.25) is 0 Å². The van der Waals surface area contributed by atoms with Crippen molar-refractivity contribution in [3.05, 3.63) is 72.9 Å². The Bertz CT molecular complexity index is 818. The second-order valence-corrected chi connectivity index (χ2v) is 5.23. The highest BCUT2D eigenvalue weighted by Crippen LogP contribution is 2.19. The van der Waals surface area contributed by atoms with E-state index in [4.69, 9.17) is 4.74 Å². The third kappa shape index (κ3) is 4.71. The molecular formula is C19H18N4O2. The van der Waals surface area contributed by atoms with Gasteiger partial charge in [-0.15, -0.1) is 0 Å². The van der Waals surface area contributed by atoms with Gasteiger partial charge in [-0.25, -0.2) is 9.78 Å². The summed E-state index contributed by atoms with van der Waals surface area (Å²) in [6.45, 7) is 0. The van der Waals surface area contributed by atoms with Crippen LogP contribution in [0.1, 0.15) is 0 Å². The molecule has 0 aliphatic rings. The summed E-state index contributed by atoms with van der Waals surface area (Å²) in [5.41, 5.74) is 2.23. The standard InChI is InChI=1S/C19H18N4O2/c1-25-17-10-7-15(8-11-17)21-18-12-9-16(13-20-18)23-19(24)22-14-5-3-2-4-6-14/h2-13H,1H3,(H,20,21)(H2,22,23,24). The van der Waals surface area contributed by atoms with E-state index in [1.165, 1.54) is 0 Å². The van der Waals surface area contributed by atoms with Crippen LogP contribution < -0.4 is 20.7 Å². The molecule has 3 N–H and O–H groups in total. The van der Waals surface area contributed by atoms with Crippen LogP contribution in [0.25, 0.3) is 0 Å². The first-order valence-electron chi connectivity index (χ1n) is 7.73. The first-order valence-corrected chi connectivity index (χ1v) is 7.73. The number of carbonyl (C=O) groups is 1. The van der Waals surface area contributed by atoms with E-state index in [9.17, 15) is 4.79 Å². The largest absolute Gasteiger partial charge is 0.497 e. The van der Waals surface area contributed by atoms with Crippen LogP contribution in [-0.2, 0) is 0 Å². The lowest BCUT2D eigenvalue weighted by molar-refractivity contribution is 0.262. The zero-order valence-electron chi connectivity index (χ0n) is 13.7. The van der Waals surface area contributed by atoms with Crippen LogP contribution in [0.4, 0.5) is 27.7 Å². The molecule has 0 spiro atoms. The van der Waals surface area contributed by atoms with Crippen molar-refractivity contribution < 1.29 is 9.53 Å². The highest BCUT2D eigenvalue weighted by molar-refractivity contribution is 5.99. The van der Waals surface area contributed by atoms with E-state index in [-0.39, 0.29) is 6.03 Å². The van der Waals surface area contributed by atoms with Gasteiger partial charge < -0.3 is 20.7 Å². The summed E-state index contributed by atoms with van der Waals surface area (Å²) in [4.78, 5) is 16.2. The molecule has 0 aliphatic heterocycles. The van der Waals surface area contributed by atoms with E-state index in [0.29, 0.717) is 11.5 Å². The maximum Gasteiger partial charge on any atom is 0.323 e. The fourth-order valence-electron chi connectivity index (χ4n) is 2.18. The minimum Gasteiger partial charge on any atom is -0.497 e. The lowest BCUT2D eigenvalue weighted by Gasteiger charge is -2.09. The van der Waals surface area contributed by atoms with Gasteiger partial charge in [-0.1, -0.05) is 18.2 Å². The minimum absolute atomic E-state index is 0.316. The number of pyridine rings is 1. The summed E-state index contributed by atoms with van der Waals surface area (Å²) in [6, 6.07) is 20.0. The molecule has 0 aliphatic carbocycles. The molecule has 1 heterocycles. The van der Waals surface area contributed by atoms with Crippen molar-refractivity contribution in [2.24, 2.45) is 0 Å². The van der Waals surface area contributed by atoms with Crippen molar-refractivity contribution in [3.8, 4) is 5.75 Å². The number of nitrogens with zero attached hydrogens (tertiary/aromatic N) is 1. The fourth-order valence-corrected chi connectivity index (χ4v) is 2.18. The number of benzene rings is 2. The number of urea groups is 1. The first kappa shape index (κ1) is 16.3. The third-order valence-electron chi connectivity index (χ3n) is 3.42. The number of aromatic nitrogens is 1. The number of hydrogen-bond acceptors (Lipinski definition) is 4. The molecule has 3 rings (SSSR count). The van der Waals surface area contributed by atoms with Crippen LogP contribution in [0.5, 0.6) is 5.75 Å². The topological polar surface area (TPSA) is 75.3 Å². The zero-order valence-corrected chi connectivity index (χ0v) is 13.7. The lowest BCUT2D eigenvalue weighted by Crippen LogP contribution is -2.19. The first-order chi connectivity index (χ1) is 12.2. The summed E-state index contributed by atoms with van der Waals surface area (Å²) < 4.78 is 5.13. The summed E-state index contributed by atoms with van der Waals surface area (Å²) in [5, 5.41) is 8.67. The van der Waals surface area contributed by atoms with E-state index >= 15 is 0 Å². The Morgan fingerprint density at radius 3 is 2.16 bits per heavy atom. The number of carbonyl (C=O) groups excluding carboxylic acids is 1. The maximum absolute atomic E-state index is 11.9. The molecule has 0 atom stereocenters. The van der Waals surface area contributed by atoms with Gasteiger partial charge in [0.2, 0.25) is 0 Å². The summed E-state index contributed by atoms with van der Waals surface area (Å²) in [5.74, 6) is 1.47. The monoisotopic (exact) mass is 334 g/mol. The number of hydrogen-bond donors (Lipinski definition) is 3. The summed E-state index contributed by atoms with van der Waals surface area (Å²) in [7, 11) is 1.63. The second-order valence-electron chi connectivity index (χ2n) is 5.23. The van der Waals surface area contributed by atoms with Gasteiger partial charge in [0.25, 0.3) is 0 Å². The fraction of sp³-hybridized carbons (Fsp3) is 0.0526. The van der Waals surface area contributed by atoms with Crippen molar-refractivity contribution in [1.82, 2.24) is 4.98 Å². The van der Waals surface area contributed by atoms with Crippen molar-refractivity contribution in [1.29, 1.82) is 0 Å². The molecule has 3 aromatic rings. The Morgan fingerprint density at radius 2 is 1.52 bits per heavy atom. The molecule has 0 fully saturated rings. The summed E-state index contributed by atoms with van der Waals surface area (Å²) >= 11 is 0. The molecule has 2 amide bonds. The maximum atomic E-state index is 11.9. The Hall–Kier alpha value is -3.54. The van der Waals surface area contributed by atoms with E-state index in [1.807, 2.05) is 54.6 Å². The van der Waals surface area contributed by atoms with Crippen molar-refractivity contribution in [2.45, 2.75) is 0 Å². The molecule has 6 heteroatoms. The van der Waals surface area contributed by atoms with Crippen LogP contribution in [-0.4, -0.2) is 18.1 Å². The Labute approximate surface area is 145 Å². The van der Waals surface area contributed by atoms with Crippen molar-refractivity contribution >= 4 is 28.9 Å². The Kier molecular flexibility index (Phi) is 5.11. The van der Waals surface area contributed by atoms with E-state index in [1.54, 1.807) is 25.4 Å². The average Bonchev–Trinajstić information content (AvgIpc) is 2.65. The van der Waals surface area contributed by atoms with E-state index in [2.05, 4.69) is 20.9 Å². The van der Waals surface area contributed by atoms with Crippen LogP contribution in [0.3, 0.4) is 0 Å². The quantitative estimate of drug-likeness (QED) is 0.643. The van der Waals surface area contributed by atoms with Gasteiger partial charge in [-0.05, 0) is 48.5 Å². The van der Waals surface area contributed by atoms with Crippen LogP contribution in [0, 0.1) is 0 Å². The molecule has 126 valence electrons. The average molecular weight is 334 g/mol. The number of para-hydroxylation sites is 1. The molecular weight excluding hydrogens is 316 g/mol. The van der Waals surface area contributed by atoms with E-state index < -0.39 is 0 Å². The number of amides is 2. The molecule has 2 aromatic carbocycles. The van der Waals surface area contributed by atoms with Gasteiger partial charge in [-0.2, -0.15) is 0 Å². The minimum atomic E-state index is -0.316. The highest BCUT2D eigenvalue weighted by atomic mass is 16.5.